The minimum Gasteiger partial charge on any atom is -0.497 e. The van der Waals surface area contributed by atoms with Crippen LogP contribution in [0.2, 0.25) is 0 Å². The van der Waals surface area contributed by atoms with Crippen molar-refractivity contribution in [2.75, 3.05) is 38.2 Å². The average Bonchev–Trinajstić information content (AvgIpc) is 2.63. The van der Waals surface area contributed by atoms with Crippen molar-refractivity contribution in [2.45, 2.75) is 13.8 Å². The summed E-state index contributed by atoms with van der Waals surface area (Å²) in [6, 6.07) is 16.8. The Morgan fingerprint density at radius 2 is 1.54 bits per heavy atom. The van der Waals surface area contributed by atoms with Crippen LogP contribution in [0.4, 0.5) is 5.69 Å². The number of hydrazone groups is 1. The van der Waals surface area contributed by atoms with E-state index in [1.807, 2.05) is 12.1 Å². The number of anilines is 1. The maximum Gasteiger partial charge on any atom is 0.118 e. The predicted octanol–water partition coefficient (Wildman–Crippen LogP) is 3.55. The molecule has 126 valence electrons. The fraction of sp³-hybridized carbons (Fsp3) is 0.350. The van der Waals surface area contributed by atoms with Crippen molar-refractivity contribution in [2.24, 2.45) is 5.10 Å². The number of hydrogen-bond acceptors (Lipinski definition) is 4. The van der Waals surface area contributed by atoms with Gasteiger partial charge in [-0.1, -0.05) is 17.7 Å². The van der Waals surface area contributed by atoms with Gasteiger partial charge in [0.15, 0.2) is 0 Å². The summed E-state index contributed by atoms with van der Waals surface area (Å²) >= 11 is 0. The zero-order valence-corrected chi connectivity index (χ0v) is 14.7. The third-order valence-electron chi connectivity index (χ3n) is 4.45. The van der Waals surface area contributed by atoms with Crippen LogP contribution in [0.3, 0.4) is 0 Å². The first-order valence-electron chi connectivity index (χ1n) is 8.42. The van der Waals surface area contributed by atoms with Gasteiger partial charge in [0.1, 0.15) is 5.75 Å². The van der Waals surface area contributed by atoms with Crippen LogP contribution in [0.25, 0.3) is 0 Å². The van der Waals surface area contributed by atoms with E-state index in [0.717, 1.165) is 43.2 Å². The number of rotatable bonds is 4. The zero-order valence-electron chi connectivity index (χ0n) is 14.7. The lowest BCUT2D eigenvalue weighted by Crippen LogP contribution is -2.44. The Morgan fingerprint density at radius 3 is 2.12 bits per heavy atom. The standard InChI is InChI=1S/C20H25N3O/c1-16-4-8-19(9-5-16)22-12-14-23(15-13-22)21-17(2)18-6-10-20(24-3)11-7-18/h4-11H,12-15H2,1-3H3. The highest BCUT2D eigenvalue weighted by atomic mass is 16.5. The van der Waals surface area contributed by atoms with Crippen LogP contribution in [-0.4, -0.2) is 44.0 Å². The normalized spacial score (nSPS) is 15.5. The highest BCUT2D eigenvalue weighted by molar-refractivity contribution is 5.98. The van der Waals surface area contributed by atoms with E-state index in [4.69, 9.17) is 9.84 Å². The van der Waals surface area contributed by atoms with Gasteiger partial charge in [0, 0.05) is 18.8 Å². The van der Waals surface area contributed by atoms with E-state index in [1.54, 1.807) is 7.11 Å². The molecule has 0 N–H and O–H groups in total. The molecule has 0 spiro atoms. The van der Waals surface area contributed by atoms with Crippen LogP contribution < -0.4 is 9.64 Å². The van der Waals surface area contributed by atoms with Crippen LogP contribution >= 0.6 is 0 Å². The fourth-order valence-electron chi connectivity index (χ4n) is 2.91. The molecule has 0 unspecified atom stereocenters. The maximum absolute atomic E-state index is 5.20. The molecule has 4 heteroatoms. The molecule has 3 rings (SSSR count). The number of nitrogens with zero attached hydrogens (tertiary/aromatic N) is 3. The average molecular weight is 323 g/mol. The van der Waals surface area contributed by atoms with E-state index in [1.165, 1.54) is 11.3 Å². The molecule has 4 nitrogen and oxygen atoms in total. The van der Waals surface area contributed by atoms with Crippen LogP contribution in [0.5, 0.6) is 5.75 Å². The first kappa shape index (κ1) is 16.4. The molecule has 1 fully saturated rings. The van der Waals surface area contributed by atoms with Crippen LogP contribution in [-0.2, 0) is 0 Å². The zero-order chi connectivity index (χ0) is 16.9. The van der Waals surface area contributed by atoms with Gasteiger partial charge in [0.25, 0.3) is 0 Å². The maximum atomic E-state index is 5.20. The molecule has 0 bridgehead atoms. The van der Waals surface area contributed by atoms with Gasteiger partial charge < -0.3 is 9.64 Å². The topological polar surface area (TPSA) is 28.1 Å². The lowest BCUT2D eigenvalue weighted by Gasteiger charge is -2.35. The third kappa shape index (κ3) is 3.88. The summed E-state index contributed by atoms with van der Waals surface area (Å²) in [5.74, 6) is 0.873. The van der Waals surface area contributed by atoms with E-state index >= 15 is 0 Å². The Morgan fingerprint density at radius 1 is 0.917 bits per heavy atom. The molecule has 0 aromatic heterocycles. The van der Waals surface area contributed by atoms with Gasteiger partial charge >= 0.3 is 0 Å². The number of hydrogen-bond donors (Lipinski definition) is 0. The Labute approximate surface area is 144 Å². The highest BCUT2D eigenvalue weighted by Gasteiger charge is 2.16. The van der Waals surface area contributed by atoms with Crippen molar-refractivity contribution in [3.63, 3.8) is 0 Å². The number of methoxy groups -OCH3 is 1. The van der Waals surface area contributed by atoms with Crippen molar-refractivity contribution in [1.29, 1.82) is 0 Å². The van der Waals surface area contributed by atoms with Crippen molar-refractivity contribution < 1.29 is 4.74 Å². The molecule has 1 aliphatic rings. The van der Waals surface area contributed by atoms with Crippen LogP contribution in [0, 0.1) is 6.92 Å². The number of aryl methyl sites for hydroxylation is 1. The number of benzene rings is 2. The fourth-order valence-corrected chi connectivity index (χ4v) is 2.91. The SMILES string of the molecule is COc1ccc(C(C)=NN2CCN(c3ccc(C)cc3)CC2)cc1. The van der Waals surface area contributed by atoms with Gasteiger partial charge in [-0.05, 0) is 55.8 Å². The minimum atomic E-state index is 0.873. The molecule has 0 amide bonds. The molecule has 1 saturated heterocycles. The molecule has 0 atom stereocenters. The second-order valence-electron chi connectivity index (χ2n) is 6.19. The lowest BCUT2D eigenvalue weighted by molar-refractivity contribution is 0.270. The summed E-state index contributed by atoms with van der Waals surface area (Å²) in [4.78, 5) is 2.42. The summed E-state index contributed by atoms with van der Waals surface area (Å²) in [7, 11) is 1.68. The largest absolute Gasteiger partial charge is 0.497 e. The lowest BCUT2D eigenvalue weighted by atomic mass is 10.1. The summed E-state index contributed by atoms with van der Waals surface area (Å²) < 4.78 is 5.20. The van der Waals surface area contributed by atoms with Crippen molar-refractivity contribution in [1.82, 2.24) is 5.01 Å². The second kappa shape index (κ2) is 7.39. The van der Waals surface area contributed by atoms with E-state index in [2.05, 4.69) is 60.2 Å². The molecule has 0 aliphatic carbocycles. The molecule has 0 saturated carbocycles. The monoisotopic (exact) mass is 323 g/mol. The molecule has 0 radical (unpaired) electrons. The van der Waals surface area contributed by atoms with Crippen LogP contribution in [0.1, 0.15) is 18.1 Å². The quantitative estimate of drug-likeness (QED) is 0.806. The third-order valence-corrected chi connectivity index (χ3v) is 4.45. The molecular weight excluding hydrogens is 298 g/mol. The number of ether oxygens (including phenoxy) is 1. The summed E-state index contributed by atoms with van der Waals surface area (Å²) in [6.45, 7) is 8.08. The van der Waals surface area contributed by atoms with Gasteiger partial charge in [-0.25, -0.2) is 0 Å². The molecule has 2 aromatic carbocycles. The van der Waals surface area contributed by atoms with E-state index < -0.39 is 0 Å². The molecule has 1 aliphatic heterocycles. The van der Waals surface area contributed by atoms with E-state index in [0.29, 0.717) is 0 Å². The Balaban J connectivity index is 1.60. The van der Waals surface area contributed by atoms with Crippen molar-refractivity contribution in [3.05, 3.63) is 59.7 Å². The van der Waals surface area contributed by atoms with Gasteiger partial charge in [0.05, 0.1) is 25.9 Å². The Kier molecular flexibility index (Phi) is 5.04. The van der Waals surface area contributed by atoms with Gasteiger partial charge in [0.2, 0.25) is 0 Å². The first-order chi connectivity index (χ1) is 11.7. The highest BCUT2D eigenvalue weighted by Crippen LogP contribution is 2.18. The van der Waals surface area contributed by atoms with Crippen molar-refractivity contribution >= 4 is 11.4 Å². The Bertz CT molecular complexity index is 684. The van der Waals surface area contributed by atoms with Crippen LogP contribution in [0.15, 0.2) is 53.6 Å². The molecule has 2 aromatic rings. The second-order valence-corrected chi connectivity index (χ2v) is 6.19. The predicted molar refractivity (Wildman–Crippen MR) is 100 cm³/mol. The smallest absolute Gasteiger partial charge is 0.118 e. The molecular formula is C20H25N3O. The first-order valence-corrected chi connectivity index (χ1v) is 8.42. The minimum absolute atomic E-state index is 0.873. The Hall–Kier alpha value is -2.49. The molecule has 24 heavy (non-hydrogen) atoms. The van der Waals surface area contributed by atoms with Crippen molar-refractivity contribution in [3.8, 4) is 5.75 Å². The van der Waals surface area contributed by atoms with Gasteiger partial charge in [-0.3, -0.25) is 5.01 Å². The summed E-state index contributed by atoms with van der Waals surface area (Å²) in [6.07, 6.45) is 0. The summed E-state index contributed by atoms with van der Waals surface area (Å²) in [5, 5.41) is 6.96. The van der Waals surface area contributed by atoms with Gasteiger partial charge in [-0.2, -0.15) is 5.10 Å². The van der Waals surface area contributed by atoms with E-state index in [-0.39, 0.29) is 0 Å². The summed E-state index contributed by atoms with van der Waals surface area (Å²) in [5.41, 5.74) is 4.78. The molecule has 1 heterocycles. The van der Waals surface area contributed by atoms with Gasteiger partial charge in [-0.15, -0.1) is 0 Å². The van der Waals surface area contributed by atoms with E-state index in [9.17, 15) is 0 Å². The number of piperazine rings is 1.